The summed E-state index contributed by atoms with van der Waals surface area (Å²) in [7, 11) is 0. The summed E-state index contributed by atoms with van der Waals surface area (Å²) in [6.07, 6.45) is 0. The summed E-state index contributed by atoms with van der Waals surface area (Å²) in [4.78, 5) is 24.5. The quantitative estimate of drug-likeness (QED) is 0.798. The van der Waals surface area contributed by atoms with Gasteiger partial charge in [-0.1, -0.05) is 12.1 Å². The summed E-state index contributed by atoms with van der Waals surface area (Å²) in [6, 6.07) is 6.64. The third-order valence-electron chi connectivity index (χ3n) is 2.54. The zero-order chi connectivity index (χ0) is 13.9. The van der Waals surface area contributed by atoms with E-state index in [0.717, 1.165) is 0 Å². The molecule has 1 aromatic rings. The topological polar surface area (TPSA) is 83.6 Å². The van der Waals surface area contributed by atoms with Crippen LogP contribution in [0.3, 0.4) is 0 Å². The minimum absolute atomic E-state index is 0.327. The summed E-state index contributed by atoms with van der Waals surface area (Å²) >= 11 is 0. The number of nitrogen functional groups attached to an aromatic ring is 1. The normalized spacial score (nSPS) is 11.1. The fraction of sp³-hybridized carbons (Fsp3) is 0.385. The number of nitrogens with two attached hydrogens (primary N) is 1. The first-order valence-corrected chi connectivity index (χ1v) is 5.61. The van der Waals surface area contributed by atoms with Gasteiger partial charge in [-0.25, -0.2) is 0 Å². The predicted octanol–water partition coefficient (Wildman–Crippen LogP) is 1.59. The lowest BCUT2D eigenvalue weighted by Crippen LogP contribution is -2.48. The smallest absolute Gasteiger partial charge is 0.323 e. The molecule has 0 bridgehead atoms. The molecule has 0 aliphatic rings. The minimum Gasteiger partial charge on any atom is -0.480 e. The molecule has 0 saturated heterocycles. The molecule has 1 aromatic carbocycles. The number of carbonyl (C=O) groups is 2. The Kier molecular flexibility index (Phi) is 3.96. The van der Waals surface area contributed by atoms with Crippen LogP contribution in [0.5, 0.6) is 0 Å². The van der Waals surface area contributed by atoms with E-state index in [1.54, 1.807) is 45.0 Å². The van der Waals surface area contributed by atoms with Crippen molar-refractivity contribution in [2.75, 3.05) is 12.3 Å². The molecule has 5 heteroatoms. The molecule has 0 spiro atoms. The summed E-state index contributed by atoms with van der Waals surface area (Å²) < 4.78 is 0. The number of benzene rings is 1. The molecule has 98 valence electrons. The monoisotopic (exact) mass is 250 g/mol. The second-order valence-electron chi connectivity index (χ2n) is 5.04. The van der Waals surface area contributed by atoms with Crippen LogP contribution in [0.4, 0.5) is 5.69 Å². The number of carboxylic acids is 1. The van der Waals surface area contributed by atoms with Crippen LogP contribution < -0.4 is 5.73 Å². The van der Waals surface area contributed by atoms with E-state index in [9.17, 15) is 9.59 Å². The van der Waals surface area contributed by atoms with Crippen LogP contribution in [0.1, 0.15) is 31.1 Å². The Morgan fingerprint density at radius 3 is 2.28 bits per heavy atom. The van der Waals surface area contributed by atoms with E-state index < -0.39 is 11.5 Å². The van der Waals surface area contributed by atoms with Gasteiger partial charge in [0.05, 0.1) is 5.56 Å². The van der Waals surface area contributed by atoms with Crippen LogP contribution in [0, 0.1) is 0 Å². The van der Waals surface area contributed by atoms with E-state index in [1.165, 1.54) is 4.90 Å². The van der Waals surface area contributed by atoms with Crippen LogP contribution in [-0.4, -0.2) is 34.0 Å². The fourth-order valence-corrected chi connectivity index (χ4v) is 1.59. The molecule has 0 aliphatic carbocycles. The van der Waals surface area contributed by atoms with Crippen molar-refractivity contribution in [3.8, 4) is 0 Å². The van der Waals surface area contributed by atoms with Crippen molar-refractivity contribution >= 4 is 17.6 Å². The maximum Gasteiger partial charge on any atom is 0.323 e. The van der Waals surface area contributed by atoms with Crippen molar-refractivity contribution in [1.82, 2.24) is 4.90 Å². The molecular formula is C13H18N2O3. The number of para-hydroxylation sites is 1. The number of carbonyl (C=O) groups excluding carboxylic acids is 1. The van der Waals surface area contributed by atoms with Gasteiger partial charge in [0.15, 0.2) is 0 Å². The van der Waals surface area contributed by atoms with Gasteiger partial charge >= 0.3 is 5.97 Å². The molecule has 3 N–H and O–H groups in total. The number of nitrogens with zero attached hydrogens (tertiary/aromatic N) is 1. The van der Waals surface area contributed by atoms with E-state index in [0.29, 0.717) is 11.3 Å². The lowest BCUT2D eigenvalue weighted by atomic mass is 10.0. The van der Waals surface area contributed by atoms with E-state index in [1.807, 2.05) is 0 Å². The van der Waals surface area contributed by atoms with Gasteiger partial charge in [0, 0.05) is 11.2 Å². The SMILES string of the molecule is CC(C)(C)N(CC(=O)O)C(=O)c1ccccc1N. The molecule has 0 heterocycles. The Balaban J connectivity index is 3.11. The lowest BCUT2D eigenvalue weighted by Gasteiger charge is -2.34. The maximum absolute atomic E-state index is 12.3. The van der Waals surface area contributed by atoms with Crippen LogP contribution in [-0.2, 0) is 4.79 Å². The fourth-order valence-electron chi connectivity index (χ4n) is 1.59. The standard InChI is InChI=1S/C13H18N2O3/c1-13(2,3)15(8-11(16)17)12(18)9-6-4-5-7-10(9)14/h4-7H,8,14H2,1-3H3,(H,16,17). The van der Waals surface area contributed by atoms with Gasteiger partial charge in [-0.15, -0.1) is 0 Å². The molecule has 0 aromatic heterocycles. The zero-order valence-corrected chi connectivity index (χ0v) is 10.8. The first-order valence-electron chi connectivity index (χ1n) is 5.61. The number of rotatable bonds is 3. The Morgan fingerprint density at radius 1 is 1.28 bits per heavy atom. The first kappa shape index (κ1) is 14.0. The van der Waals surface area contributed by atoms with Gasteiger partial charge in [0.1, 0.15) is 6.54 Å². The number of anilines is 1. The number of amides is 1. The third kappa shape index (κ3) is 3.23. The van der Waals surface area contributed by atoms with Crippen molar-refractivity contribution in [1.29, 1.82) is 0 Å². The predicted molar refractivity (Wildman–Crippen MR) is 69.3 cm³/mol. The van der Waals surface area contributed by atoms with Gasteiger partial charge < -0.3 is 15.7 Å². The highest BCUT2D eigenvalue weighted by molar-refractivity contribution is 6.00. The highest BCUT2D eigenvalue weighted by atomic mass is 16.4. The lowest BCUT2D eigenvalue weighted by molar-refractivity contribution is -0.138. The second-order valence-corrected chi connectivity index (χ2v) is 5.04. The molecule has 18 heavy (non-hydrogen) atoms. The molecule has 5 nitrogen and oxygen atoms in total. The van der Waals surface area contributed by atoms with E-state index in [-0.39, 0.29) is 12.5 Å². The van der Waals surface area contributed by atoms with E-state index in [2.05, 4.69) is 0 Å². The Bertz CT molecular complexity index is 464. The molecule has 0 saturated carbocycles. The van der Waals surface area contributed by atoms with Crippen LogP contribution in [0.2, 0.25) is 0 Å². The summed E-state index contributed by atoms with van der Waals surface area (Å²) in [5, 5.41) is 8.89. The maximum atomic E-state index is 12.3. The van der Waals surface area contributed by atoms with Crippen molar-refractivity contribution in [2.45, 2.75) is 26.3 Å². The average molecular weight is 250 g/mol. The van der Waals surface area contributed by atoms with Crippen molar-refractivity contribution < 1.29 is 14.7 Å². The molecule has 1 amide bonds. The highest BCUT2D eigenvalue weighted by Gasteiger charge is 2.29. The van der Waals surface area contributed by atoms with Gasteiger partial charge in [0.25, 0.3) is 5.91 Å². The van der Waals surface area contributed by atoms with E-state index in [4.69, 9.17) is 10.8 Å². The van der Waals surface area contributed by atoms with Crippen LogP contribution >= 0.6 is 0 Å². The minimum atomic E-state index is -1.05. The van der Waals surface area contributed by atoms with Crippen molar-refractivity contribution in [2.24, 2.45) is 0 Å². The third-order valence-corrected chi connectivity index (χ3v) is 2.54. The second kappa shape index (κ2) is 5.08. The molecule has 0 atom stereocenters. The van der Waals surface area contributed by atoms with E-state index >= 15 is 0 Å². The Morgan fingerprint density at radius 2 is 1.83 bits per heavy atom. The number of carboxylic acid groups (broad SMARTS) is 1. The number of hydrogen-bond acceptors (Lipinski definition) is 3. The van der Waals surface area contributed by atoms with Crippen LogP contribution in [0.15, 0.2) is 24.3 Å². The Labute approximate surface area is 106 Å². The molecule has 0 unspecified atom stereocenters. The number of aliphatic carboxylic acids is 1. The summed E-state index contributed by atoms with van der Waals surface area (Å²) in [6.45, 7) is 5.00. The molecule has 1 rings (SSSR count). The first-order chi connectivity index (χ1) is 8.23. The molecule has 0 aliphatic heterocycles. The largest absolute Gasteiger partial charge is 0.480 e. The van der Waals surface area contributed by atoms with Gasteiger partial charge in [-0.05, 0) is 32.9 Å². The van der Waals surface area contributed by atoms with Gasteiger partial charge in [0.2, 0.25) is 0 Å². The highest BCUT2D eigenvalue weighted by Crippen LogP contribution is 2.20. The molecule has 0 radical (unpaired) electrons. The number of hydrogen-bond donors (Lipinski definition) is 2. The van der Waals surface area contributed by atoms with Gasteiger partial charge in [-0.2, -0.15) is 0 Å². The van der Waals surface area contributed by atoms with Gasteiger partial charge in [-0.3, -0.25) is 9.59 Å². The molecular weight excluding hydrogens is 232 g/mol. The summed E-state index contributed by atoms with van der Waals surface area (Å²) in [5.74, 6) is -1.42. The zero-order valence-electron chi connectivity index (χ0n) is 10.8. The van der Waals surface area contributed by atoms with Crippen LogP contribution in [0.25, 0.3) is 0 Å². The average Bonchev–Trinajstić information content (AvgIpc) is 2.24. The molecule has 0 fully saturated rings. The Hall–Kier alpha value is -2.04. The van der Waals surface area contributed by atoms with Crippen molar-refractivity contribution in [3.05, 3.63) is 29.8 Å². The van der Waals surface area contributed by atoms with Crippen molar-refractivity contribution in [3.63, 3.8) is 0 Å². The summed E-state index contributed by atoms with van der Waals surface area (Å²) in [5.41, 5.74) is 5.83.